The van der Waals surface area contributed by atoms with Crippen molar-refractivity contribution in [3.8, 4) is 0 Å². The zero-order valence-electron chi connectivity index (χ0n) is 12.9. The van der Waals surface area contributed by atoms with Crippen LogP contribution in [0.4, 0.5) is 0 Å². The number of ketones is 1. The fraction of sp³-hybridized carbons (Fsp3) is 0.158. The molecule has 0 unspecified atom stereocenters. The average molecular weight is 294 g/mol. The molecule has 22 heavy (non-hydrogen) atoms. The van der Waals surface area contributed by atoms with Crippen LogP contribution in [0.25, 0.3) is 5.57 Å². The molecule has 0 spiro atoms. The van der Waals surface area contributed by atoms with E-state index in [-0.39, 0.29) is 5.78 Å². The van der Waals surface area contributed by atoms with Gasteiger partial charge in [0.1, 0.15) is 0 Å². The summed E-state index contributed by atoms with van der Waals surface area (Å²) in [5, 5.41) is 0. The molecule has 0 aromatic heterocycles. The molecule has 0 aliphatic heterocycles. The lowest BCUT2D eigenvalue weighted by molar-refractivity contribution is -0.134. The summed E-state index contributed by atoms with van der Waals surface area (Å²) in [6.45, 7) is 3.93. The molecular formula is C19H18O3. The molecule has 0 atom stereocenters. The average Bonchev–Trinajstić information content (AvgIpc) is 2.53. The second kappa shape index (κ2) is 6.85. The van der Waals surface area contributed by atoms with Crippen LogP contribution >= 0.6 is 0 Å². The third-order valence-corrected chi connectivity index (χ3v) is 3.38. The van der Waals surface area contributed by atoms with Gasteiger partial charge in [0.25, 0.3) is 0 Å². The number of esters is 1. The highest BCUT2D eigenvalue weighted by atomic mass is 16.5. The summed E-state index contributed by atoms with van der Waals surface area (Å²) in [6.07, 6.45) is 1.24. The van der Waals surface area contributed by atoms with Gasteiger partial charge in [-0.3, -0.25) is 4.79 Å². The zero-order valence-corrected chi connectivity index (χ0v) is 12.9. The van der Waals surface area contributed by atoms with E-state index in [1.165, 1.54) is 13.2 Å². The molecule has 2 aromatic carbocycles. The molecule has 0 heterocycles. The standard InChI is InChI=1S/C19H18O3/c1-13-4-8-15(9-5-13)17(12-18(20)22-3)19(21)16-10-6-14(2)7-11-16/h4-12H,1-3H3/b17-12-. The maximum Gasteiger partial charge on any atom is 0.331 e. The second-order valence-electron chi connectivity index (χ2n) is 5.14. The minimum absolute atomic E-state index is 0.200. The number of carbonyl (C=O) groups is 2. The molecule has 0 amide bonds. The molecule has 0 fully saturated rings. The van der Waals surface area contributed by atoms with Crippen molar-refractivity contribution in [1.82, 2.24) is 0 Å². The number of carbonyl (C=O) groups excluding carboxylic acids is 2. The van der Waals surface area contributed by atoms with E-state index in [0.717, 1.165) is 11.1 Å². The first-order chi connectivity index (χ1) is 10.5. The fourth-order valence-electron chi connectivity index (χ4n) is 2.05. The Hall–Kier alpha value is -2.68. The third-order valence-electron chi connectivity index (χ3n) is 3.38. The van der Waals surface area contributed by atoms with Gasteiger partial charge in [-0.15, -0.1) is 0 Å². The Morgan fingerprint density at radius 2 is 1.27 bits per heavy atom. The number of allylic oxidation sites excluding steroid dienone is 1. The number of aryl methyl sites for hydroxylation is 2. The number of rotatable bonds is 4. The van der Waals surface area contributed by atoms with Crippen molar-refractivity contribution < 1.29 is 14.3 Å². The topological polar surface area (TPSA) is 43.4 Å². The largest absolute Gasteiger partial charge is 0.466 e. The predicted molar refractivity (Wildman–Crippen MR) is 86.7 cm³/mol. The minimum Gasteiger partial charge on any atom is -0.466 e. The van der Waals surface area contributed by atoms with E-state index in [2.05, 4.69) is 4.74 Å². The van der Waals surface area contributed by atoms with Crippen LogP contribution < -0.4 is 0 Å². The van der Waals surface area contributed by atoms with Crippen molar-refractivity contribution >= 4 is 17.3 Å². The van der Waals surface area contributed by atoms with E-state index < -0.39 is 5.97 Å². The second-order valence-corrected chi connectivity index (χ2v) is 5.14. The Morgan fingerprint density at radius 3 is 1.73 bits per heavy atom. The Labute approximate surface area is 130 Å². The van der Waals surface area contributed by atoms with Crippen molar-refractivity contribution in [2.75, 3.05) is 7.11 Å². The summed E-state index contributed by atoms with van der Waals surface area (Å²) in [4.78, 5) is 24.3. The molecule has 2 aromatic rings. The van der Waals surface area contributed by atoms with Gasteiger partial charge in [-0.1, -0.05) is 59.7 Å². The molecular weight excluding hydrogens is 276 g/mol. The van der Waals surface area contributed by atoms with Gasteiger partial charge in [-0.05, 0) is 19.4 Å². The van der Waals surface area contributed by atoms with Crippen molar-refractivity contribution in [2.45, 2.75) is 13.8 Å². The Balaban J connectivity index is 2.46. The summed E-state index contributed by atoms with van der Waals surface area (Å²) >= 11 is 0. The molecule has 3 nitrogen and oxygen atoms in total. The smallest absolute Gasteiger partial charge is 0.331 e. The highest BCUT2D eigenvalue weighted by Gasteiger charge is 2.16. The monoisotopic (exact) mass is 294 g/mol. The van der Waals surface area contributed by atoms with E-state index in [4.69, 9.17) is 0 Å². The Bertz CT molecular complexity index is 707. The zero-order chi connectivity index (χ0) is 16.1. The van der Waals surface area contributed by atoms with Gasteiger partial charge in [0.2, 0.25) is 0 Å². The molecule has 0 radical (unpaired) electrons. The highest BCUT2D eigenvalue weighted by Crippen LogP contribution is 2.21. The summed E-state index contributed by atoms with van der Waals surface area (Å²) < 4.78 is 4.66. The van der Waals surface area contributed by atoms with Crippen molar-refractivity contribution in [3.63, 3.8) is 0 Å². The van der Waals surface area contributed by atoms with Crippen LogP contribution in [0.2, 0.25) is 0 Å². The number of Topliss-reactive ketones (excluding diaryl/α,β-unsaturated/α-hetero) is 1. The van der Waals surface area contributed by atoms with E-state index >= 15 is 0 Å². The number of hydrogen-bond donors (Lipinski definition) is 0. The molecule has 0 N–H and O–H groups in total. The quantitative estimate of drug-likeness (QED) is 0.490. The minimum atomic E-state index is -0.545. The molecule has 0 saturated heterocycles. The number of benzene rings is 2. The molecule has 2 rings (SSSR count). The van der Waals surface area contributed by atoms with E-state index in [0.29, 0.717) is 16.7 Å². The first-order valence-electron chi connectivity index (χ1n) is 6.99. The van der Waals surface area contributed by atoms with Crippen molar-refractivity contribution in [1.29, 1.82) is 0 Å². The summed E-state index contributed by atoms with van der Waals surface area (Å²) in [7, 11) is 1.29. The van der Waals surface area contributed by atoms with E-state index in [1.807, 2.05) is 50.2 Å². The van der Waals surface area contributed by atoms with Gasteiger partial charge in [-0.2, -0.15) is 0 Å². The maximum atomic E-state index is 12.7. The van der Waals surface area contributed by atoms with Crippen LogP contribution in [-0.4, -0.2) is 18.9 Å². The van der Waals surface area contributed by atoms with Gasteiger partial charge >= 0.3 is 5.97 Å². The lowest BCUT2D eigenvalue weighted by Gasteiger charge is -2.08. The first-order valence-corrected chi connectivity index (χ1v) is 6.99. The lowest BCUT2D eigenvalue weighted by atomic mass is 9.95. The van der Waals surface area contributed by atoms with Gasteiger partial charge in [0.15, 0.2) is 5.78 Å². The van der Waals surface area contributed by atoms with Crippen LogP contribution in [0.1, 0.15) is 27.0 Å². The van der Waals surface area contributed by atoms with E-state index in [9.17, 15) is 9.59 Å². The SMILES string of the molecule is COC(=O)/C=C(\C(=O)c1ccc(C)cc1)c1ccc(C)cc1. The Morgan fingerprint density at radius 1 is 0.818 bits per heavy atom. The lowest BCUT2D eigenvalue weighted by Crippen LogP contribution is -2.06. The van der Waals surface area contributed by atoms with Gasteiger partial charge in [0.05, 0.1) is 7.11 Å². The summed E-state index contributed by atoms with van der Waals surface area (Å²) in [5.41, 5.74) is 3.73. The predicted octanol–water partition coefficient (Wildman–Crippen LogP) is 3.74. The molecule has 0 saturated carbocycles. The fourth-order valence-corrected chi connectivity index (χ4v) is 2.05. The number of methoxy groups -OCH3 is 1. The summed E-state index contributed by atoms with van der Waals surface area (Å²) in [5.74, 6) is -0.745. The van der Waals surface area contributed by atoms with Crippen LogP contribution in [-0.2, 0) is 9.53 Å². The summed E-state index contributed by atoms with van der Waals surface area (Å²) in [6, 6.07) is 14.7. The third kappa shape index (κ3) is 3.70. The van der Waals surface area contributed by atoms with Gasteiger partial charge in [0, 0.05) is 17.2 Å². The first kappa shape index (κ1) is 15.7. The van der Waals surface area contributed by atoms with Crippen LogP contribution in [0.15, 0.2) is 54.6 Å². The van der Waals surface area contributed by atoms with Crippen LogP contribution in [0, 0.1) is 13.8 Å². The van der Waals surface area contributed by atoms with Crippen LogP contribution in [0.3, 0.4) is 0 Å². The highest BCUT2D eigenvalue weighted by molar-refractivity contribution is 6.31. The van der Waals surface area contributed by atoms with Crippen molar-refractivity contribution in [2.24, 2.45) is 0 Å². The van der Waals surface area contributed by atoms with Crippen molar-refractivity contribution in [3.05, 3.63) is 76.9 Å². The maximum absolute atomic E-state index is 12.7. The van der Waals surface area contributed by atoms with Gasteiger partial charge in [-0.25, -0.2) is 4.79 Å². The van der Waals surface area contributed by atoms with Crippen LogP contribution in [0.5, 0.6) is 0 Å². The van der Waals surface area contributed by atoms with Gasteiger partial charge < -0.3 is 4.74 Å². The Kier molecular flexibility index (Phi) is 4.89. The number of ether oxygens (including phenoxy) is 1. The molecule has 0 aliphatic rings. The normalized spacial score (nSPS) is 11.1. The molecule has 3 heteroatoms. The van der Waals surface area contributed by atoms with E-state index in [1.54, 1.807) is 12.1 Å². The number of hydrogen-bond acceptors (Lipinski definition) is 3. The molecule has 0 bridgehead atoms. The molecule has 0 aliphatic carbocycles. The molecule has 112 valence electrons.